The van der Waals surface area contributed by atoms with Crippen LogP contribution in [0.25, 0.3) is 33.9 Å². The number of aromatic amines is 2. The van der Waals surface area contributed by atoms with Gasteiger partial charge in [0.25, 0.3) is 0 Å². The number of hydrogen-bond donors (Lipinski definition) is 3. The average Bonchev–Trinajstić information content (AvgIpc) is 3.72. The number of nitrogens with one attached hydrogen (secondary N) is 3. The number of ether oxygens (including phenoxy) is 2. The van der Waals surface area contributed by atoms with Crippen molar-refractivity contribution in [1.82, 2.24) is 40.1 Å². The van der Waals surface area contributed by atoms with E-state index in [9.17, 15) is 9.59 Å². The van der Waals surface area contributed by atoms with Gasteiger partial charge in [-0.3, -0.25) is 14.9 Å². The van der Waals surface area contributed by atoms with E-state index in [4.69, 9.17) is 9.47 Å². The minimum atomic E-state index is -0.583. The lowest BCUT2D eigenvalue weighted by Crippen LogP contribution is -2.36. The quantitative estimate of drug-likeness (QED) is 0.224. The smallest absolute Gasteiger partial charge is 0.410 e. The molecule has 0 saturated carbocycles. The van der Waals surface area contributed by atoms with Crippen LogP contribution in [0, 0.1) is 0 Å². The van der Waals surface area contributed by atoms with E-state index in [0.29, 0.717) is 23.8 Å². The van der Waals surface area contributed by atoms with Gasteiger partial charge in [-0.2, -0.15) is 0 Å². The van der Waals surface area contributed by atoms with Crippen molar-refractivity contribution in [2.45, 2.75) is 84.6 Å². The van der Waals surface area contributed by atoms with E-state index in [-0.39, 0.29) is 18.2 Å². The molecule has 0 radical (unpaired) electrons. The minimum absolute atomic E-state index is 0.137. The number of likely N-dealkylation sites (tertiary alicyclic amines) is 1. The van der Waals surface area contributed by atoms with Gasteiger partial charge >= 0.3 is 12.2 Å². The van der Waals surface area contributed by atoms with E-state index in [0.717, 1.165) is 41.2 Å². The normalized spacial score (nSPS) is 16.1. The predicted octanol–water partition coefficient (Wildman–Crippen LogP) is 6.58. The van der Waals surface area contributed by atoms with Gasteiger partial charge in [-0.1, -0.05) is 24.3 Å². The molecule has 3 N–H and O–H groups in total. The summed E-state index contributed by atoms with van der Waals surface area (Å²) in [5, 5.41) is 2.78. The molecule has 232 valence electrons. The molecule has 0 spiro atoms. The molecule has 5 rings (SSSR count). The molecular weight excluding hydrogens is 560 g/mol. The van der Waals surface area contributed by atoms with Gasteiger partial charge < -0.3 is 24.8 Å². The second-order valence-corrected chi connectivity index (χ2v) is 12.9. The number of aromatic nitrogens is 6. The molecule has 0 aliphatic carbocycles. The Morgan fingerprint density at radius 3 is 2.14 bits per heavy atom. The second-order valence-electron chi connectivity index (χ2n) is 12.9. The largest absolute Gasteiger partial charge is 0.444 e. The van der Waals surface area contributed by atoms with Crippen molar-refractivity contribution in [2.24, 2.45) is 0 Å². The Labute approximate surface area is 257 Å². The Balaban J connectivity index is 1.22. The highest BCUT2D eigenvalue weighted by Crippen LogP contribution is 2.33. The molecular formula is C32H40N8O4. The molecule has 44 heavy (non-hydrogen) atoms. The zero-order chi connectivity index (χ0) is 31.6. The Hall–Kier alpha value is -4.74. The molecule has 4 heterocycles. The first-order valence-electron chi connectivity index (χ1n) is 14.8. The van der Waals surface area contributed by atoms with E-state index in [1.165, 1.54) is 0 Å². The maximum Gasteiger partial charge on any atom is 0.410 e. The molecule has 0 unspecified atom stereocenters. The first-order chi connectivity index (χ1) is 20.8. The molecule has 1 fully saturated rings. The van der Waals surface area contributed by atoms with Crippen LogP contribution < -0.4 is 5.32 Å². The first-order valence-corrected chi connectivity index (χ1v) is 14.8. The lowest BCUT2D eigenvalue weighted by molar-refractivity contribution is 0.0218. The topological polar surface area (TPSA) is 151 Å². The highest BCUT2D eigenvalue weighted by Gasteiger charge is 2.34. The van der Waals surface area contributed by atoms with Crippen LogP contribution in [0.1, 0.15) is 85.0 Å². The van der Waals surface area contributed by atoms with Crippen molar-refractivity contribution in [3.63, 3.8) is 0 Å². The van der Waals surface area contributed by atoms with E-state index in [1.807, 2.05) is 72.7 Å². The van der Waals surface area contributed by atoms with E-state index >= 15 is 0 Å². The summed E-state index contributed by atoms with van der Waals surface area (Å²) in [7, 11) is 0. The minimum Gasteiger partial charge on any atom is -0.444 e. The molecule has 4 aromatic rings. The van der Waals surface area contributed by atoms with Crippen molar-refractivity contribution in [3.05, 3.63) is 60.7 Å². The third-order valence-electron chi connectivity index (χ3n) is 6.95. The number of alkyl carbamates (subject to hydrolysis) is 1. The highest BCUT2D eigenvalue weighted by atomic mass is 16.6. The zero-order valence-electron chi connectivity index (χ0n) is 26.3. The van der Waals surface area contributed by atoms with Crippen LogP contribution >= 0.6 is 0 Å². The number of carbonyl (C=O) groups excluding carboxylic acids is 2. The van der Waals surface area contributed by atoms with E-state index in [2.05, 4.69) is 35.2 Å². The van der Waals surface area contributed by atoms with Gasteiger partial charge in [-0.25, -0.2) is 19.6 Å². The fourth-order valence-electron chi connectivity index (χ4n) is 4.92. The van der Waals surface area contributed by atoms with Crippen LogP contribution in [-0.4, -0.2) is 64.7 Å². The lowest BCUT2D eigenvalue weighted by Gasteiger charge is -2.27. The number of H-pyrrole nitrogens is 2. The number of nitrogens with zero attached hydrogens (tertiary/aromatic N) is 5. The summed E-state index contributed by atoms with van der Waals surface area (Å²) in [5.41, 5.74) is 3.67. The molecule has 0 bridgehead atoms. The molecule has 12 nitrogen and oxygen atoms in total. The molecule has 1 aromatic carbocycles. The van der Waals surface area contributed by atoms with Gasteiger partial charge in [0.2, 0.25) is 0 Å². The van der Waals surface area contributed by atoms with Crippen LogP contribution in [0.3, 0.4) is 0 Å². The van der Waals surface area contributed by atoms with E-state index < -0.39 is 17.3 Å². The van der Waals surface area contributed by atoms with E-state index in [1.54, 1.807) is 29.7 Å². The molecule has 1 aliphatic rings. The predicted molar refractivity (Wildman–Crippen MR) is 165 cm³/mol. The van der Waals surface area contributed by atoms with Gasteiger partial charge in [-0.15, -0.1) is 0 Å². The maximum absolute atomic E-state index is 12.7. The summed E-state index contributed by atoms with van der Waals surface area (Å²) in [6.07, 6.45) is 7.78. The summed E-state index contributed by atoms with van der Waals surface area (Å²) in [6.45, 7) is 13.5. The Morgan fingerprint density at radius 1 is 0.841 bits per heavy atom. The van der Waals surface area contributed by atoms with Crippen LogP contribution in [0.15, 0.2) is 49.1 Å². The number of rotatable bonds is 6. The van der Waals surface area contributed by atoms with Crippen molar-refractivity contribution in [1.29, 1.82) is 0 Å². The van der Waals surface area contributed by atoms with Crippen molar-refractivity contribution in [2.75, 3.05) is 6.54 Å². The van der Waals surface area contributed by atoms with Gasteiger partial charge in [0.05, 0.1) is 54.0 Å². The maximum atomic E-state index is 12.7. The van der Waals surface area contributed by atoms with Crippen LogP contribution in [0.2, 0.25) is 0 Å². The summed E-state index contributed by atoms with van der Waals surface area (Å²) in [6, 6.07) is 7.46. The lowest BCUT2D eigenvalue weighted by atomic mass is 10.1. The van der Waals surface area contributed by atoms with Gasteiger partial charge in [0.1, 0.15) is 28.5 Å². The fourth-order valence-corrected chi connectivity index (χ4v) is 4.92. The number of carbonyl (C=O) groups is 2. The Morgan fingerprint density at radius 2 is 1.48 bits per heavy atom. The van der Waals surface area contributed by atoms with Crippen molar-refractivity contribution < 1.29 is 19.1 Å². The average molecular weight is 601 g/mol. The highest BCUT2D eigenvalue weighted by molar-refractivity contribution is 5.70. The summed E-state index contributed by atoms with van der Waals surface area (Å²) in [4.78, 5) is 51.4. The molecule has 1 aliphatic heterocycles. The van der Waals surface area contributed by atoms with Crippen LogP contribution in [-0.2, 0) is 9.47 Å². The molecule has 12 heteroatoms. The monoisotopic (exact) mass is 600 g/mol. The Bertz CT molecular complexity index is 1600. The number of benzene rings is 1. The third-order valence-corrected chi connectivity index (χ3v) is 6.95. The number of imidazole rings is 2. The molecule has 3 aromatic heterocycles. The first kappa shape index (κ1) is 30.7. The third kappa shape index (κ3) is 7.42. The SMILES string of the molecule is C[C@H](NC(=O)OC(C)(C)C)c1ncc(-c2cnc(-c3ccc(-c4cnc([C@H]5CCCN5C(=O)OC(C)(C)C)[nH]4)cc3)cn2)[nH]1. The molecule has 2 atom stereocenters. The summed E-state index contributed by atoms with van der Waals surface area (Å²) in [5.74, 6) is 1.34. The summed E-state index contributed by atoms with van der Waals surface area (Å²) >= 11 is 0. The molecule has 2 amide bonds. The van der Waals surface area contributed by atoms with Crippen LogP contribution in [0.5, 0.6) is 0 Å². The standard InChI is InChI=1S/C32H40N8O4/c1-19(37-29(41)43-31(2,3)4)27-35-18-25(39-27)24-17-33-22(15-34-24)20-10-12-21(13-11-20)23-16-36-28(38-23)26-9-8-14-40(26)30(42)44-32(5,6)7/h10-13,15-19,26H,8-9,14H2,1-7H3,(H,35,39)(H,36,38)(H,37,41)/t19-,26+/m0/s1. The van der Waals surface area contributed by atoms with Crippen molar-refractivity contribution in [3.8, 4) is 33.9 Å². The van der Waals surface area contributed by atoms with Gasteiger partial charge in [0.15, 0.2) is 0 Å². The zero-order valence-corrected chi connectivity index (χ0v) is 26.3. The van der Waals surface area contributed by atoms with Crippen molar-refractivity contribution >= 4 is 12.2 Å². The summed E-state index contributed by atoms with van der Waals surface area (Å²) < 4.78 is 10.9. The number of hydrogen-bond acceptors (Lipinski definition) is 8. The van der Waals surface area contributed by atoms with Gasteiger partial charge in [0, 0.05) is 12.1 Å². The Kier molecular flexibility index (Phi) is 8.44. The number of amides is 2. The molecule has 1 saturated heterocycles. The van der Waals surface area contributed by atoms with Gasteiger partial charge in [-0.05, 0) is 66.9 Å². The second kappa shape index (κ2) is 12.1. The van der Waals surface area contributed by atoms with Crippen LogP contribution in [0.4, 0.5) is 9.59 Å². The fraction of sp³-hybridized carbons (Fsp3) is 0.438.